The highest BCUT2D eigenvalue weighted by Crippen LogP contribution is 2.17. The van der Waals surface area contributed by atoms with Gasteiger partial charge in [-0.1, -0.05) is 37.5 Å². The minimum Gasteiger partial charge on any atom is -0.359 e. The number of aryl methyl sites for hydroxylation is 1. The minimum absolute atomic E-state index is 0.480. The summed E-state index contributed by atoms with van der Waals surface area (Å²) >= 11 is 5.34. The molecule has 1 saturated carbocycles. The van der Waals surface area contributed by atoms with Crippen LogP contribution in [0.15, 0.2) is 35.4 Å². The third-order valence-corrected chi connectivity index (χ3v) is 4.86. The van der Waals surface area contributed by atoms with Crippen molar-refractivity contribution in [3.05, 3.63) is 47.3 Å². The fraction of sp³-hybridized carbons (Fsp3) is 0.421. The van der Waals surface area contributed by atoms with Crippen LogP contribution in [0, 0.1) is 13.8 Å². The maximum absolute atomic E-state index is 5.34. The van der Waals surface area contributed by atoms with E-state index >= 15 is 0 Å². The SMILES string of the molecule is Cc1nn(-c2ccccc2)c(C)c1C=NNC(=S)NC1CCCCC1. The van der Waals surface area contributed by atoms with Crippen LogP contribution >= 0.6 is 12.2 Å². The standard InChI is InChI=1S/C19H25N5S/c1-14-18(15(2)24(23-14)17-11-7-4-8-12-17)13-20-22-19(25)21-16-9-5-3-6-10-16/h4,7-8,11-13,16H,3,5-6,9-10H2,1-2H3,(H2,21,22,25). The van der Waals surface area contributed by atoms with Crippen LogP contribution in [0.2, 0.25) is 0 Å². The van der Waals surface area contributed by atoms with Gasteiger partial charge < -0.3 is 5.32 Å². The number of hydrogen-bond acceptors (Lipinski definition) is 3. The highest BCUT2D eigenvalue weighted by atomic mass is 32.1. The summed E-state index contributed by atoms with van der Waals surface area (Å²) in [6.07, 6.45) is 8.06. The molecule has 1 aliphatic rings. The normalized spacial score (nSPS) is 15.4. The van der Waals surface area contributed by atoms with Gasteiger partial charge in [0.05, 0.1) is 23.3 Å². The van der Waals surface area contributed by atoms with Crippen molar-refractivity contribution in [2.24, 2.45) is 5.10 Å². The van der Waals surface area contributed by atoms with E-state index in [2.05, 4.69) is 20.9 Å². The molecule has 2 N–H and O–H groups in total. The third kappa shape index (κ3) is 4.45. The summed E-state index contributed by atoms with van der Waals surface area (Å²) in [5.74, 6) is 0. The Kier molecular flexibility index (Phi) is 5.81. The second-order valence-corrected chi connectivity index (χ2v) is 6.92. The molecule has 0 atom stereocenters. The number of benzene rings is 1. The van der Waals surface area contributed by atoms with Crippen molar-refractivity contribution in [2.75, 3.05) is 0 Å². The molecular formula is C19H25N5S. The lowest BCUT2D eigenvalue weighted by Crippen LogP contribution is -2.40. The summed E-state index contributed by atoms with van der Waals surface area (Å²) in [7, 11) is 0. The number of hydrogen-bond donors (Lipinski definition) is 2. The monoisotopic (exact) mass is 355 g/mol. The first-order chi connectivity index (χ1) is 12.1. The highest BCUT2D eigenvalue weighted by Gasteiger charge is 2.14. The molecule has 1 heterocycles. The molecule has 0 spiro atoms. The van der Waals surface area contributed by atoms with E-state index in [0.717, 1.165) is 22.6 Å². The quantitative estimate of drug-likeness (QED) is 0.500. The zero-order valence-corrected chi connectivity index (χ0v) is 15.6. The number of nitrogens with one attached hydrogen (secondary N) is 2. The minimum atomic E-state index is 0.480. The van der Waals surface area contributed by atoms with Crippen molar-refractivity contribution < 1.29 is 0 Å². The molecular weight excluding hydrogens is 330 g/mol. The molecule has 1 fully saturated rings. The number of para-hydroxylation sites is 1. The summed E-state index contributed by atoms with van der Waals surface area (Å²) in [5, 5.41) is 12.9. The molecule has 1 aromatic carbocycles. The average Bonchev–Trinajstić information content (AvgIpc) is 2.91. The zero-order valence-electron chi connectivity index (χ0n) is 14.8. The van der Waals surface area contributed by atoms with Crippen LogP contribution in [0.4, 0.5) is 0 Å². The fourth-order valence-electron chi connectivity index (χ4n) is 3.28. The van der Waals surface area contributed by atoms with E-state index in [9.17, 15) is 0 Å². The highest BCUT2D eigenvalue weighted by molar-refractivity contribution is 7.80. The second-order valence-electron chi connectivity index (χ2n) is 6.51. The maximum Gasteiger partial charge on any atom is 0.187 e. The summed E-state index contributed by atoms with van der Waals surface area (Å²) in [4.78, 5) is 0. The number of nitrogens with zero attached hydrogens (tertiary/aromatic N) is 3. The van der Waals surface area contributed by atoms with Gasteiger partial charge in [-0.25, -0.2) is 4.68 Å². The van der Waals surface area contributed by atoms with Crippen LogP contribution in [-0.4, -0.2) is 27.1 Å². The Morgan fingerprint density at radius 2 is 1.92 bits per heavy atom. The first kappa shape index (κ1) is 17.6. The number of thiocarbonyl (C=S) groups is 1. The zero-order chi connectivity index (χ0) is 17.6. The van der Waals surface area contributed by atoms with Gasteiger partial charge in [-0.3, -0.25) is 5.43 Å². The van der Waals surface area contributed by atoms with E-state index in [0.29, 0.717) is 11.2 Å². The molecule has 1 aromatic heterocycles. The van der Waals surface area contributed by atoms with Gasteiger partial charge in [-0.05, 0) is 51.0 Å². The van der Waals surface area contributed by atoms with Gasteiger partial charge in [0.1, 0.15) is 0 Å². The van der Waals surface area contributed by atoms with Crippen LogP contribution in [0.25, 0.3) is 5.69 Å². The molecule has 0 unspecified atom stereocenters. The average molecular weight is 356 g/mol. The Labute approximate surface area is 154 Å². The van der Waals surface area contributed by atoms with Crippen molar-refractivity contribution in [1.82, 2.24) is 20.5 Å². The maximum atomic E-state index is 5.34. The van der Waals surface area contributed by atoms with Gasteiger partial charge in [0, 0.05) is 11.6 Å². The van der Waals surface area contributed by atoms with Crippen LogP contribution in [-0.2, 0) is 0 Å². The first-order valence-corrected chi connectivity index (χ1v) is 9.27. The van der Waals surface area contributed by atoms with E-state index < -0.39 is 0 Å². The van der Waals surface area contributed by atoms with Gasteiger partial charge in [0.15, 0.2) is 5.11 Å². The fourth-order valence-corrected chi connectivity index (χ4v) is 3.50. The molecule has 0 aliphatic heterocycles. The van der Waals surface area contributed by atoms with Crippen LogP contribution in [0.3, 0.4) is 0 Å². The Morgan fingerprint density at radius 3 is 2.64 bits per heavy atom. The first-order valence-electron chi connectivity index (χ1n) is 8.86. The van der Waals surface area contributed by atoms with Crippen molar-refractivity contribution in [3.63, 3.8) is 0 Å². The summed E-state index contributed by atoms with van der Waals surface area (Å²) in [6.45, 7) is 4.04. The van der Waals surface area contributed by atoms with Gasteiger partial charge in [0.2, 0.25) is 0 Å². The molecule has 3 rings (SSSR count). The molecule has 6 heteroatoms. The second kappa shape index (κ2) is 8.25. The lowest BCUT2D eigenvalue weighted by atomic mass is 9.96. The number of hydrazone groups is 1. The van der Waals surface area contributed by atoms with E-state index in [1.54, 1.807) is 6.21 Å². The van der Waals surface area contributed by atoms with Crippen molar-refractivity contribution in [3.8, 4) is 5.69 Å². The topological polar surface area (TPSA) is 54.2 Å². The Bertz CT molecular complexity index is 745. The van der Waals surface area contributed by atoms with Crippen LogP contribution in [0.1, 0.15) is 49.1 Å². The summed E-state index contributed by atoms with van der Waals surface area (Å²) < 4.78 is 1.94. The number of aromatic nitrogens is 2. The largest absolute Gasteiger partial charge is 0.359 e. The van der Waals surface area contributed by atoms with E-state index in [1.165, 1.54) is 32.1 Å². The predicted octanol–water partition coefficient (Wildman–Crippen LogP) is 3.62. The predicted molar refractivity (Wildman–Crippen MR) is 106 cm³/mol. The molecule has 132 valence electrons. The van der Waals surface area contributed by atoms with Crippen LogP contribution < -0.4 is 10.7 Å². The summed E-state index contributed by atoms with van der Waals surface area (Å²) in [5.41, 5.74) is 6.99. The molecule has 0 bridgehead atoms. The third-order valence-electron chi connectivity index (χ3n) is 4.65. The molecule has 25 heavy (non-hydrogen) atoms. The Balaban J connectivity index is 1.63. The van der Waals surface area contributed by atoms with Gasteiger partial charge in [0.25, 0.3) is 0 Å². The lowest BCUT2D eigenvalue weighted by Gasteiger charge is -2.23. The van der Waals surface area contributed by atoms with E-state index in [4.69, 9.17) is 12.2 Å². The van der Waals surface area contributed by atoms with Crippen molar-refractivity contribution in [1.29, 1.82) is 0 Å². The molecule has 1 aliphatic carbocycles. The molecule has 0 amide bonds. The molecule has 2 aromatic rings. The van der Waals surface area contributed by atoms with E-state index in [1.807, 2.05) is 48.9 Å². The van der Waals surface area contributed by atoms with Gasteiger partial charge in [-0.15, -0.1) is 0 Å². The lowest BCUT2D eigenvalue weighted by molar-refractivity contribution is 0.412. The van der Waals surface area contributed by atoms with Crippen molar-refractivity contribution in [2.45, 2.75) is 52.0 Å². The van der Waals surface area contributed by atoms with Crippen molar-refractivity contribution >= 4 is 23.5 Å². The molecule has 0 saturated heterocycles. The Morgan fingerprint density at radius 1 is 1.20 bits per heavy atom. The number of rotatable bonds is 4. The van der Waals surface area contributed by atoms with E-state index in [-0.39, 0.29) is 0 Å². The van der Waals surface area contributed by atoms with Gasteiger partial charge in [-0.2, -0.15) is 10.2 Å². The Hall–Kier alpha value is -2.21. The van der Waals surface area contributed by atoms with Gasteiger partial charge >= 0.3 is 0 Å². The van der Waals surface area contributed by atoms with Crippen LogP contribution in [0.5, 0.6) is 0 Å². The smallest absolute Gasteiger partial charge is 0.187 e. The summed E-state index contributed by atoms with van der Waals surface area (Å²) in [6, 6.07) is 10.6. The molecule has 5 nitrogen and oxygen atoms in total. The molecule has 0 radical (unpaired) electrons.